The number of benzene rings is 1. The maximum atomic E-state index is 12.4. The van der Waals surface area contributed by atoms with Crippen molar-refractivity contribution in [2.75, 3.05) is 21.3 Å². The molecule has 3 N–H and O–H groups in total. The van der Waals surface area contributed by atoms with E-state index in [2.05, 4.69) is 0 Å². The van der Waals surface area contributed by atoms with Crippen LogP contribution in [-0.4, -0.2) is 26.4 Å². The molecule has 0 spiro atoms. The first-order chi connectivity index (χ1) is 12.5. The van der Waals surface area contributed by atoms with Crippen molar-refractivity contribution in [2.24, 2.45) is 5.73 Å². The second-order valence-corrected chi connectivity index (χ2v) is 6.21. The molecule has 0 saturated carbocycles. The molecule has 0 aromatic heterocycles. The first-order valence-electron chi connectivity index (χ1n) is 8.41. The maximum absolute atomic E-state index is 12.4. The van der Waals surface area contributed by atoms with Gasteiger partial charge in [-0.05, 0) is 53.3 Å². The van der Waals surface area contributed by atoms with Crippen molar-refractivity contribution in [1.29, 1.82) is 0 Å². The highest BCUT2D eigenvalue weighted by atomic mass is 16.5. The molecular weight excluding hydrogens is 334 g/mol. The van der Waals surface area contributed by atoms with Crippen molar-refractivity contribution in [2.45, 2.75) is 25.5 Å². The highest BCUT2D eigenvalue weighted by molar-refractivity contribution is 5.79. The maximum Gasteiger partial charge on any atom is 0.220 e. The monoisotopic (exact) mass is 357 g/mol. The molecule has 0 saturated heterocycles. The number of ether oxygens (including phenoxy) is 3. The summed E-state index contributed by atoms with van der Waals surface area (Å²) < 4.78 is 16.1. The zero-order valence-electron chi connectivity index (χ0n) is 15.2. The van der Waals surface area contributed by atoms with Gasteiger partial charge in [0.25, 0.3) is 0 Å². The van der Waals surface area contributed by atoms with Gasteiger partial charge in [0.1, 0.15) is 0 Å². The molecule has 0 heterocycles. The molecule has 138 valence electrons. The van der Waals surface area contributed by atoms with Crippen molar-refractivity contribution in [1.82, 2.24) is 0 Å². The Morgan fingerprint density at radius 3 is 2.46 bits per heavy atom. The van der Waals surface area contributed by atoms with E-state index in [1.807, 2.05) is 12.1 Å². The fourth-order valence-electron chi connectivity index (χ4n) is 3.61. The van der Waals surface area contributed by atoms with E-state index in [-0.39, 0.29) is 23.8 Å². The van der Waals surface area contributed by atoms with Crippen LogP contribution in [0, 0.1) is 0 Å². The van der Waals surface area contributed by atoms with E-state index < -0.39 is 0 Å². The van der Waals surface area contributed by atoms with Gasteiger partial charge in [-0.25, -0.2) is 0 Å². The topological polar surface area (TPSA) is 91.0 Å². The van der Waals surface area contributed by atoms with Crippen LogP contribution in [0.2, 0.25) is 0 Å². The lowest BCUT2D eigenvalue weighted by molar-refractivity contribution is 0.270. The van der Waals surface area contributed by atoms with Crippen LogP contribution >= 0.6 is 0 Å². The van der Waals surface area contributed by atoms with Gasteiger partial charge < -0.3 is 25.1 Å². The molecule has 0 aliphatic heterocycles. The summed E-state index contributed by atoms with van der Waals surface area (Å²) in [6.45, 7) is -0.225. The molecule has 0 fully saturated rings. The minimum atomic E-state index is -0.300. The van der Waals surface area contributed by atoms with Crippen LogP contribution in [0.25, 0.3) is 11.1 Å². The molecule has 1 aliphatic rings. The highest BCUT2D eigenvalue weighted by Gasteiger charge is 2.26. The van der Waals surface area contributed by atoms with Gasteiger partial charge in [-0.3, -0.25) is 4.79 Å². The third kappa shape index (κ3) is 2.91. The van der Waals surface area contributed by atoms with Crippen molar-refractivity contribution < 1.29 is 19.3 Å². The summed E-state index contributed by atoms with van der Waals surface area (Å²) in [6.07, 6.45) is 1.37. The molecule has 6 heteroatoms. The number of aryl methyl sites for hydroxylation is 1. The molecule has 0 radical (unpaired) electrons. The Morgan fingerprint density at radius 2 is 1.85 bits per heavy atom. The summed E-state index contributed by atoms with van der Waals surface area (Å²) in [5.74, 6) is 1.29. The summed E-state index contributed by atoms with van der Waals surface area (Å²) in [6, 6.07) is 6.61. The number of aliphatic hydroxyl groups is 1. The van der Waals surface area contributed by atoms with Gasteiger partial charge in [0.2, 0.25) is 5.43 Å². The normalized spacial score (nSPS) is 15.5. The Kier molecular flexibility index (Phi) is 5.15. The lowest BCUT2D eigenvalue weighted by Crippen LogP contribution is -2.12. The predicted octanol–water partition coefficient (Wildman–Crippen LogP) is 2.18. The minimum Gasteiger partial charge on any atom is -0.493 e. The van der Waals surface area contributed by atoms with E-state index in [1.165, 1.54) is 20.3 Å². The third-order valence-electron chi connectivity index (χ3n) is 4.86. The summed E-state index contributed by atoms with van der Waals surface area (Å²) in [5.41, 5.74) is 10.1. The van der Waals surface area contributed by atoms with Gasteiger partial charge in [-0.15, -0.1) is 0 Å². The molecule has 0 bridgehead atoms. The average molecular weight is 357 g/mol. The summed E-state index contributed by atoms with van der Waals surface area (Å²) in [4.78, 5) is 12.4. The Labute approximate surface area is 152 Å². The van der Waals surface area contributed by atoms with Crippen LogP contribution in [-0.2, 0) is 13.0 Å². The van der Waals surface area contributed by atoms with Crippen LogP contribution in [0.1, 0.15) is 29.2 Å². The minimum absolute atomic E-state index is 0.223. The lowest BCUT2D eigenvalue weighted by atomic mass is 9.92. The molecule has 1 aliphatic carbocycles. The van der Waals surface area contributed by atoms with Gasteiger partial charge in [0.05, 0.1) is 27.9 Å². The van der Waals surface area contributed by atoms with Gasteiger partial charge in [-0.1, -0.05) is 6.07 Å². The smallest absolute Gasteiger partial charge is 0.220 e. The van der Waals surface area contributed by atoms with Crippen LogP contribution in [0.5, 0.6) is 17.2 Å². The number of nitrogens with two attached hydrogens (primary N) is 1. The number of fused-ring (bicyclic) bond motifs is 3. The second kappa shape index (κ2) is 7.35. The van der Waals surface area contributed by atoms with E-state index in [0.29, 0.717) is 29.9 Å². The van der Waals surface area contributed by atoms with Crippen LogP contribution < -0.4 is 25.4 Å². The van der Waals surface area contributed by atoms with E-state index in [1.54, 1.807) is 13.2 Å². The third-order valence-corrected chi connectivity index (χ3v) is 4.86. The average Bonchev–Trinajstić information content (AvgIpc) is 2.89. The van der Waals surface area contributed by atoms with Gasteiger partial charge in [0, 0.05) is 11.6 Å². The summed E-state index contributed by atoms with van der Waals surface area (Å²) >= 11 is 0. The second-order valence-electron chi connectivity index (χ2n) is 6.21. The molecule has 6 nitrogen and oxygen atoms in total. The Hall–Kier alpha value is -2.57. The highest BCUT2D eigenvalue weighted by Crippen LogP contribution is 2.45. The molecule has 26 heavy (non-hydrogen) atoms. The molecule has 1 unspecified atom stereocenters. The number of hydrogen-bond donors (Lipinski definition) is 2. The van der Waals surface area contributed by atoms with Gasteiger partial charge >= 0.3 is 0 Å². The first-order valence-corrected chi connectivity index (χ1v) is 8.41. The SMILES string of the molecule is COc1cc2c(c(CO)c1OC)-c1ccc(OC)c(=O)cc1C(N)CC2. The summed E-state index contributed by atoms with van der Waals surface area (Å²) in [5, 5.41) is 10.1. The molecule has 2 aromatic rings. The van der Waals surface area contributed by atoms with Gasteiger partial charge in [0.15, 0.2) is 17.2 Å². The largest absolute Gasteiger partial charge is 0.493 e. The van der Waals surface area contributed by atoms with Crippen molar-refractivity contribution in [3.63, 3.8) is 0 Å². The van der Waals surface area contributed by atoms with Crippen molar-refractivity contribution >= 4 is 0 Å². The van der Waals surface area contributed by atoms with E-state index in [0.717, 1.165) is 22.3 Å². The number of hydrogen-bond acceptors (Lipinski definition) is 6. The quantitative estimate of drug-likeness (QED) is 0.871. The molecule has 0 amide bonds. The van der Waals surface area contributed by atoms with Crippen molar-refractivity contribution in [3.05, 3.63) is 51.2 Å². The summed E-state index contributed by atoms with van der Waals surface area (Å²) in [7, 11) is 4.57. The van der Waals surface area contributed by atoms with Crippen LogP contribution in [0.4, 0.5) is 0 Å². The van der Waals surface area contributed by atoms with Crippen molar-refractivity contribution in [3.8, 4) is 28.4 Å². The zero-order valence-corrected chi connectivity index (χ0v) is 15.2. The van der Waals surface area contributed by atoms with E-state index in [9.17, 15) is 9.90 Å². The molecular formula is C20H23NO5. The lowest BCUT2D eigenvalue weighted by Gasteiger charge is -2.19. The Morgan fingerprint density at radius 1 is 1.12 bits per heavy atom. The first kappa shape index (κ1) is 18.2. The Balaban J connectivity index is 2.43. The molecule has 1 atom stereocenters. The van der Waals surface area contributed by atoms with Crippen LogP contribution in [0.15, 0.2) is 29.1 Å². The molecule has 2 aromatic carbocycles. The number of rotatable bonds is 4. The zero-order chi connectivity index (χ0) is 18.8. The number of aliphatic hydroxyl groups excluding tert-OH is 1. The standard InChI is InChI=1S/C20H23NO5/c1-24-17-7-5-12-13(9-16(17)23)15(21)6-4-11-8-18(25-2)20(26-3)14(10-22)19(11)12/h5,7-9,15,22H,4,6,10,21H2,1-3H3. The fourth-order valence-corrected chi connectivity index (χ4v) is 3.61. The van der Waals surface area contributed by atoms with E-state index in [4.69, 9.17) is 19.9 Å². The van der Waals surface area contributed by atoms with Crippen LogP contribution in [0.3, 0.4) is 0 Å². The fraction of sp³-hybridized carbons (Fsp3) is 0.350. The Bertz CT molecular complexity index is 894. The van der Waals surface area contributed by atoms with E-state index >= 15 is 0 Å². The molecule has 3 rings (SSSR count). The number of methoxy groups -OCH3 is 3. The predicted molar refractivity (Wildman–Crippen MR) is 99.0 cm³/mol. The van der Waals surface area contributed by atoms with Gasteiger partial charge in [-0.2, -0.15) is 0 Å².